The summed E-state index contributed by atoms with van der Waals surface area (Å²) in [6.07, 6.45) is 0. The van der Waals surface area contributed by atoms with E-state index in [2.05, 4.69) is 31.0 Å². The first-order chi connectivity index (χ1) is 8.11. The van der Waals surface area contributed by atoms with Crippen LogP contribution in [0.4, 0.5) is 5.69 Å². The van der Waals surface area contributed by atoms with Crippen molar-refractivity contribution < 1.29 is 0 Å². The summed E-state index contributed by atoms with van der Waals surface area (Å²) >= 11 is 5.93. The maximum absolute atomic E-state index is 5.93. The van der Waals surface area contributed by atoms with Gasteiger partial charge in [-0.3, -0.25) is 0 Å². The first-order valence-corrected chi connectivity index (χ1v) is 6.71. The van der Waals surface area contributed by atoms with Crippen molar-refractivity contribution in [3.05, 3.63) is 29.3 Å². The van der Waals surface area contributed by atoms with Crippen molar-refractivity contribution in [2.24, 2.45) is 5.92 Å². The van der Waals surface area contributed by atoms with Crippen LogP contribution in [0.25, 0.3) is 0 Å². The topological polar surface area (TPSA) is 15.3 Å². The molecule has 0 heterocycles. The minimum Gasteiger partial charge on any atom is -0.384 e. The van der Waals surface area contributed by atoms with Crippen molar-refractivity contribution in [3.8, 4) is 0 Å². The second kappa shape index (κ2) is 7.57. The van der Waals surface area contributed by atoms with Gasteiger partial charge >= 0.3 is 0 Å². The van der Waals surface area contributed by atoms with E-state index in [9.17, 15) is 0 Å². The number of hydrogen-bond acceptors (Lipinski definition) is 2. The number of rotatable bonds is 7. The predicted octanol–water partition coefficient (Wildman–Crippen LogP) is 3.73. The van der Waals surface area contributed by atoms with Gasteiger partial charge in [-0.2, -0.15) is 0 Å². The average Bonchev–Trinajstić information content (AvgIpc) is 2.27. The van der Waals surface area contributed by atoms with Crippen LogP contribution >= 0.6 is 11.6 Å². The summed E-state index contributed by atoms with van der Waals surface area (Å²) in [5.41, 5.74) is 1.10. The van der Waals surface area contributed by atoms with Gasteiger partial charge in [0.15, 0.2) is 0 Å². The highest BCUT2D eigenvalue weighted by atomic mass is 35.5. The maximum Gasteiger partial charge on any atom is 0.0426 e. The highest BCUT2D eigenvalue weighted by molar-refractivity contribution is 6.30. The molecule has 0 aliphatic rings. The van der Waals surface area contributed by atoms with Crippen molar-refractivity contribution in [3.63, 3.8) is 0 Å². The third-order valence-electron chi connectivity index (χ3n) is 2.65. The van der Waals surface area contributed by atoms with Gasteiger partial charge in [-0.05, 0) is 30.7 Å². The number of nitrogens with one attached hydrogen (secondary N) is 1. The zero-order valence-corrected chi connectivity index (χ0v) is 11.8. The van der Waals surface area contributed by atoms with Gasteiger partial charge in [-0.1, -0.05) is 38.4 Å². The van der Waals surface area contributed by atoms with Gasteiger partial charge in [0.1, 0.15) is 0 Å². The molecule has 0 spiro atoms. The number of likely N-dealkylation sites (N-methyl/N-ethyl adjacent to an activating group) is 1. The van der Waals surface area contributed by atoms with Crippen LogP contribution in [0.1, 0.15) is 20.8 Å². The molecule has 3 heteroatoms. The molecule has 1 aromatic carbocycles. The molecule has 2 nitrogen and oxygen atoms in total. The van der Waals surface area contributed by atoms with Crippen molar-refractivity contribution in [2.75, 3.05) is 31.5 Å². The smallest absolute Gasteiger partial charge is 0.0426 e. The molecule has 0 atom stereocenters. The highest BCUT2D eigenvalue weighted by Gasteiger charge is 2.04. The molecule has 0 aromatic heterocycles. The van der Waals surface area contributed by atoms with E-state index in [1.807, 2.05) is 24.3 Å². The van der Waals surface area contributed by atoms with Gasteiger partial charge in [0.25, 0.3) is 0 Å². The van der Waals surface area contributed by atoms with Crippen molar-refractivity contribution in [1.82, 2.24) is 4.90 Å². The van der Waals surface area contributed by atoms with E-state index in [0.717, 1.165) is 42.8 Å². The summed E-state index contributed by atoms with van der Waals surface area (Å²) in [6, 6.07) is 7.87. The molecule has 0 saturated heterocycles. The Labute approximate surface area is 110 Å². The van der Waals surface area contributed by atoms with E-state index in [4.69, 9.17) is 11.6 Å². The molecular formula is C14H23ClN2. The molecule has 0 aliphatic heterocycles. The first kappa shape index (κ1) is 14.3. The van der Waals surface area contributed by atoms with E-state index in [0.29, 0.717) is 0 Å². The van der Waals surface area contributed by atoms with Crippen LogP contribution in [0.2, 0.25) is 5.02 Å². The number of benzene rings is 1. The van der Waals surface area contributed by atoms with Crippen molar-refractivity contribution >= 4 is 17.3 Å². The monoisotopic (exact) mass is 254 g/mol. The molecule has 1 N–H and O–H groups in total. The number of anilines is 1. The lowest BCUT2D eigenvalue weighted by molar-refractivity contribution is 0.265. The summed E-state index contributed by atoms with van der Waals surface area (Å²) < 4.78 is 0. The average molecular weight is 255 g/mol. The van der Waals surface area contributed by atoms with Gasteiger partial charge in [0.2, 0.25) is 0 Å². The minimum atomic E-state index is 0.723. The number of hydrogen-bond donors (Lipinski definition) is 1. The molecule has 0 fully saturated rings. The maximum atomic E-state index is 5.93. The van der Waals surface area contributed by atoms with Gasteiger partial charge in [0.05, 0.1) is 0 Å². The van der Waals surface area contributed by atoms with Crippen LogP contribution in [0.15, 0.2) is 24.3 Å². The third-order valence-corrected chi connectivity index (χ3v) is 2.89. The molecular weight excluding hydrogens is 232 g/mol. The Morgan fingerprint density at radius 3 is 2.71 bits per heavy atom. The zero-order valence-electron chi connectivity index (χ0n) is 11.0. The fraction of sp³-hybridized carbons (Fsp3) is 0.571. The Morgan fingerprint density at radius 2 is 2.12 bits per heavy atom. The SMILES string of the molecule is CCN(CCNc1cccc(Cl)c1)CC(C)C. The Balaban J connectivity index is 2.31. The van der Waals surface area contributed by atoms with Gasteiger partial charge < -0.3 is 10.2 Å². The summed E-state index contributed by atoms with van der Waals surface area (Å²) in [5.74, 6) is 0.723. The van der Waals surface area contributed by atoms with Crippen molar-refractivity contribution in [2.45, 2.75) is 20.8 Å². The lowest BCUT2D eigenvalue weighted by atomic mass is 10.2. The highest BCUT2D eigenvalue weighted by Crippen LogP contribution is 2.14. The Hall–Kier alpha value is -0.730. The van der Waals surface area contributed by atoms with Crippen LogP contribution < -0.4 is 5.32 Å². The van der Waals surface area contributed by atoms with Crippen LogP contribution in [0.5, 0.6) is 0 Å². The summed E-state index contributed by atoms with van der Waals surface area (Å²) in [4.78, 5) is 2.46. The van der Waals surface area contributed by atoms with E-state index in [-0.39, 0.29) is 0 Å². The van der Waals surface area contributed by atoms with E-state index < -0.39 is 0 Å². The Morgan fingerprint density at radius 1 is 1.35 bits per heavy atom. The standard InChI is InChI=1S/C14H23ClN2/c1-4-17(11-12(2)3)9-8-16-14-7-5-6-13(15)10-14/h5-7,10,12,16H,4,8-9,11H2,1-3H3. The van der Waals surface area contributed by atoms with Gasteiger partial charge in [-0.25, -0.2) is 0 Å². The molecule has 0 amide bonds. The number of halogens is 1. The van der Waals surface area contributed by atoms with Gasteiger partial charge in [0, 0.05) is 30.3 Å². The largest absolute Gasteiger partial charge is 0.384 e. The fourth-order valence-electron chi connectivity index (χ4n) is 1.85. The lowest BCUT2D eigenvalue weighted by Crippen LogP contribution is -2.32. The van der Waals surface area contributed by atoms with Crippen LogP contribution in [-0.2, 0) is 0 Å². The molecule has 0 saturated carbocycles. The molecule has 1 rings (SSSR count). The minimum absolute atomic E-state index is 0.723. The summed E-state index contributed by atoms with van der Waals surface area (Å²) in [5, 5.41) is 4.18. The summed E-state index contributed by atoms with van der Waals surface area (Å²) in [7, 11) is 0. The molecule has 0 aliphatic carbocycles. The first-order valence-electron chi connectivity index (χ1n) is 6.33. The normalized spacial score (nSPS) is 11.2. The second-order valence-corrected chi connectivity index (χ2v) is 5.16. The predicted molar refractivity (Wildman–Crippen MR) is 76.9 cm³/mol. The number of nitrogens with zero attached hydrogens (tertiary/aromatic N) is 1. The molecule has 17 heavy (non-hydrogen) atoms. The molecule has 1 aromatic rings. The third kappa shape index (κ3) is 5.94. The quantitative estimate of drug-likeness (QED) is 0.798. The molecule has 0 unspecified atom stereocenters. The van der Waals surface area contributed by atoms with E-state index in [1.165, 1.54) is 0 Å². The lowest BCUT2D eigenvalue weighted by Gasteiger charge is -2.22. The second-order valence-electron chi connectivity index (χ2n) is 4.72. The van der Waals surface area contributed by atoms with E-state index >= 15 is 0 Å². The van der Waals surface area contributed by atoms with E-state index in [1.54, 1.807) is 0 Å². The summed E-state index contributed by atoms with van der Waals surface area (Å²) in [6.45, 7) is 11.0. The van der Waals surface area contributed by atoms with Crippen molar-refractivity contribution in [1.29, 1.82) is 0 Å². The molecule has 0 radical (unpaired) electrons. The van der Waals surface area contributed by atoms with Crippen LogP contribution in [0.3, 0.4) is 0 Å². The Bertz CT molecular complexity index is 326. The van der Waals surface area contributed by atoms with Gasteiger partial charge in [-0.15, -0.1) is 0 Å². The van der Waals surface area contributed by atoms with Crippen LogP contribution in [-0.4, -0.2) is 31.1 Å². The van der Waals surface area contributed by atoms with Crippen LogP contribution in [0, 0.1) is 5.92 Å². The fourth-order valence-corrected chi connectivity index (χ4v) is 2.04. The zero-order chi connectivity index (χ0) is 12.7. The molecule has 0 bridgehead atoms. The molecule has 96 valence electrons. The Kier molecular flexibility index (Phi) is 6.38.